The summed E-state index contributed by atoms with van der Waals surface area (Å²) < 4.78 is 28.7. The van der Waals surface area contributed by atoms with E-state index >= 15 is 0 Å². The number of alkyl halides is 1. The number of benzene rings is 1. The van der Waals surface area contributed by atoms with E-state index in [2.05, 4.69) is 21.3 Å². The third-order valence-electron chi connectivity index (χ3n) is 7.24. The standard InChI is InChI=1S/C33H33ClN8O7S/c1-40-18-22(15-26(40)30(44)36-13-4-12-35)37-31(45)27-16-23(19-41(27)2)38-32(46)28-17-24(20-42(28)3)39-33(47)29(43)10-7-21-5-8-25(9-6-21)50(48,49)14-11-34/h5-10,15-20H,4,11,13-14H2,1-3H3,(H,36,44)(H,37,45)(H,38,46)(H,39,47)/b10-7+. The number of carbonyl (C=O) groups excluding carboxylic acids is 5. The van der Waals surface area contributed by atoms with Crippen molar-refractivity contribution in [2.45, 2.75) is 11.3 Å². The molecule has 0 saturated heterocycles. The number of sulfone groups is 1. The van der Waals surface area contributed by atoms with E-state index in [0.29, 0.717) is 16.9 Å². The van der Waals surface area contributed by atoms with Gasteiger partial charge in [-0.1, -0.05) is 18.2 Å². The molecule has 0 spiro atoms. The molecule has 0 aliphatic carbocycles. The maximum Gasteiger partial charge on any atom is 0.296 e. The predicted octanol–water partition coefficient (Wildman–Crippen LogP) is 3.08. The minimum atomic E-state index is -3.50. The predicted molar refractivity (Wildman–Crippen MR) is 187 cm³/mol. The van der Waals surface area contributed by atoms with E-state index in [1.54, 1.807) is 31.9 Å². The fraction of sp³-hybridized carbons (Fsp3) is 0.212. The van der Waals surface area contributed by atoms with Gasteiger partial charge in [-0.05, 0) is 42.0 Å². The van der Waals surface area contributed by atoms with Crippen molar-refractivity contribution < 1.29 is 32.4 Å². The molecule has 3 heterocycles. The Morgan fingerprint density at radius 1 is 0.780 bits per heavy atom. The van der Waals surface area contributed by atoms with Gasteiger partial charge in [0.25, 0.3) is 23.6 Å². The van der Waals surface area contributed by atoms with Crippen LogP contribution in [0.4, 0.5) is 17.1 Å². The zero-order chi connectivity index (χ0) is 36.6. The van der Waals surface area contributed by atoms with E-state index < -0.39 is 39.2 Å². The minimum Gasteiger partial charge on any atom is -0.350 e. The summed E-state index contributed by atoms with van der Waals surface area (Å²) in [5.41, 5.74) is 2.01. The number of ketones is 1. The van der Waals surface area contributed by atoms with Crippen LogP contribution in [0.25, 0.3) is 6.08 Å². The van der Waals surface area contributed by atoms with Crippen LogP contribution in [0.2, 0.25) is 0 Å². The van der Waals surface area contributed by atoms with Gasteiger partial charge in [0.1, 0.15) is 17.1 Å². The second-order valence-electron chi connectivity index (χ2n) is 11.0. The molecule has 0 unspecified atom stereocenters. The third kappa shape index (κ3) is 9.15. The summed E-state index contributed by atoms with van der Waals surface area (Å²) in [6.07, 6.45) is 7.14. The fourth-order valence-corrected chi connectivity index (χ4v) is 6.33. The lowest BCUT2D eigenvalue weighted by molar-refractivity contribution is -0.131. The van der Waals surface area contributed by atoms with Crippen LogP contribution in [0.1, 0.15) is 43.4 Å². The van der Waals surface area contributed by atoms with Crippen LogP contribution in [0, 0.1) is 11.3 Å². The van der Waals surface area contributed by atoms with E-state index in [9.17, 15) is 32.4 Å². The normalized spacial score (nSPS) is 11.2. The zero-order valence-corrected chi connectivity index (χ0v) is 28.8. The largest absolute Gasteiger partial charge is 0.350 e. The molecule has 4 amide bonds. The average Bonchev–Trinajstić information content (AvgIpc) is 3.74. The van der Waals surface area contributed by atoms with Gasteiger partial charge in [-0.2, -0.15) is 5.26 Å². The van der Waals surface area contributed by atoms with Crippen molar-refractivity contribution >= 4 is 74.0 Å². The number of halogens is 1. The molecule has 15 nitrogen and oxygen atoms in total. The van der Waals surface area contributed by atoms with Crippen LogP contribution in [0.15, 0.2) is 72.0 Å². The molecular formula is C33H33ClN8O7S. The smallest absolute Gasteiger partial charge is 0.296 e. The van der Waals surface area contributed by atoms with Crippen LogP contribution in [0.5, 0.6) is 0 Å². The topological polar surface area (TPSA) is 206 Å². The second-order valence-corrected chi connectivity index (χ2v) is 13.5. The Morgan fingerprint density at radius 3 is 1.74 bits per heavy atom. The maximum absolute atomic E-state index is 13.1. The summed E-state index contributed by atoms with van der Waals surface area (Å²) in [5, 5.41) is 19.2. The number of hydrogen-bond acceptors (Lipinski definition) is 8. The van der Waals surface area contributed by atoms with Crippen molar-refractivity contribution in [1.82, 2.24) is 19.0 Å². The Bertz CT molecular complexity index is 2140. The highest BCUT2D eigenvalue weighted by molar-refractivity contribution is 7.91. The zero-order valence-electron chi connectivity index (χ0n) is 27.2. The van der Waals surface area contributed by atoms with Crippen molar-refractivity contribution in [2.24, 2.45) is 21.1 Å². The number of nitrogens with one attached hydrogen (secondary N) is 4. The van der Waals surface area contributed by atoms with Crippen molar-refractivity contribution in [3.63, 3.8) is 0 Å². The molecule has 0 atom stereocenters. The number of rotatable bonds is 14. The minimum absolute atomic E-state index is 0.0375. The quantitative estimate of drug-likeness (QED) is 0.0658. The Hall–Kier alpha value is -5.92. The number of nitriles is 1. The van der Waals surface area contributed by atoms with Crippen molar-refractivity contribution in [1.29, 1.82) is 5.26 Å². The van der Waals surface area contributed by atoms with Crippen LogP contribution in [-0.4, -0.2) is 69.7 Å². The molecule has 0 fully saturated rings. The van der Waals surface area contributed by atoms with Crippen molar-refractivity contribution in [3.05, 3.63) is 89.8 Å². The van der Waals surface area contributed by atoms with E-state index in [1.807, 2.05) is 6.07 Å². The lowest BCUT2D eigenvalue weighted by atomic mass is 10.2. The molecule has 4 aromatic rings. The lowest BCUT2D eigenvalue weighted by Gasteiger charge is -2.03. The molecule has 0 aliphatic heterocycles. The maximum atomic E-state index is 13.1. The van der Waals surface area contributed by atoms with Gasteiger partial charge in [0.05, 0.1) is 40.2 Å². The SMILES string of the molecule is Cn1cc(NC(=O)c2cc(NC(=O)c3cc(NC(=O)C(=O)/C=C/c4ccc(S(=O)(=O)CCCl)cc4)cn3C)cn2C)cc1C(=O)NCCC#N. The van der Waals surface area contributed by atoms with Gasteiger partial charge in [-0.3, -0.25) is 24.0 Å². The Morgan fingerprint density at radius 2 is 1.26 bits per heavy atom. The highest BCUT2D eigenvalue weighted by atomic mass is 35.5. The van der Waals surface area contributed by atoms with Crippen LogP contribution < -0.4 is 21.3 Å². The van der Waals surface area contributed by atoms with Crippen LogP contribution >= 0.6 is 11.6 Å². The first kappa shape index (κ1) is 36.9. The molecule has 1 aromatic carbocycles. The average molecular weight is 721 g/mol. The summed E-state index contributed by atoms with van der Waals surface area (Å²) in [4.78, 5) is 63.5. The van der Waals surface area contributed by atoms with E-state index in [0.717, 1.165) is 6.08 Å². The Labute approximate surface area is 292 Å². The van der Waals surface area contributed by atoms with Gasteiger partial charge in [0.2, 0.25) is 5.78 Å². The highest BCUT2D eigenvalue weighted by Gasteiger charge is 2.20. The van der Waals surface area contributed by atoms with Crippen molar-refractivity contribution in [2.75, 3.05) is 34.1 Å². The van der Waals surface area contributed by atoms with Gasteiger partial charge in [0.15, 0.2) is 9.84 Å². The molecule has 4 rings (SSSR count). The van der Waals surface area contributed by atoms with Crippen LogP contribution in [0.3, 0.4) is 0 Å². The molecule has 3 aromatic heterocycles. The summed E-state index contributed by atoms with van der Waals surface area (Å²) in [6.45, 7) is 0.197. The fourth-order valence-electron chi connectivity index (χ4n) is 4.73. The molecule has 50 heavy (non-hydrogen) atoms. The number of nitrogens with zero attached hydrogens (tertiary/aromatic N) is 4. The molecule has 260 valence electrons. The molecule has 0 aliphatic rings. The first-order chi connectivity index (χ1) is 23.7. The summed E-state index contributed by atoms with van der Waals surface area (Å²) in [5.74, 6) is -3.51. The summed E-state index contributed by atoms with van der Waals surface area (Å²) in [7, 11) is 1.33. The lowest BCUT2D eigenvalue weighted by Crippen LogP contribution is -2.25. The molecule has 4 N–H and O–H groups in total. The third-order valence-corrected chi connectivity index (χ3v) is 9.39. The molecule has 17 heteroatoms. The van der Waals surface area contributed by atoms with Gasteiger partial charge in [-0.25, -0.2) is 8.42 Å². The molecule has 0 bridgehead atoms. The van der Waals surface area contributed by atoms with Gasteiger partial charge >= 0.3 is 0 Å². The van der Waals surface area contributed by atoms with E-state index in [4.69, 9.17) is 16.9 Å². The van der Waals surface area contributed by atoms with Gasteiger partial charge in [0, 0.05) is 52.2 Å². The molecular weight excluding hydrogens is 688 g/mol. The first-order valence-corrected chi connectivity index (χ1v) is 17.1. The Kier molecular flexibility index (Phi) is 11.8. The molecule has 0 radical (unpaired) electrons. The number of aryl methyl sites for hydroxylation is 3. The summed E-state index contributed by atoms with van der Waals surface area (Å²) >= 11 is 5.54. The highest BCUT2D eigenvalue weighted by Crippen LogP contribution is 2.20. The number of carbonyl (C=O) groups is 5. The van der Waals surface area contributed by atoms with Crippen molar-refractivity contribution in [3.8, 4) is 6.07 Å². The second kappa shape index (κ2) is 16.0. The number of aromatic nitrogens is 3. The Balaban J connectivity index is 1.35. The first-order valence-electron chi connectivity index (χ1n) is 14.9. The van der Waals surface area contributed by atoms with Gasteiger partial charge in [-0.15, -0.1) is 11.6 Å². The number of amides is 4. The van der Waals surface area contributed by atoms with E-state index in [1.165, 1.54) is 70.1 Å². The van der Waals surface area contributed by atoms with Crippen LogP contribution in [-0.2, 0) is 40.6 Å². The monoisotopic (exact) mass is 720 g/mol. The number of anilines is 3. The summed E-state index contributed by atoms with van der Waals surface area (Å²) in [6, 6.07) is 12.1. The van der Waals surface area contributed by atoms with E-state index in [-0.39, 0.29) is 52.3 Å². The molecule has 0 saturated carbocycles. The van der Waals surface area contributed by atoms with Gasteiger partial charge < -0.3 is 35.0 Å². The number of hydrogen-bond donors (Lipinski definition) is 4.